The first-order valence-corrected chi connectivity index (χ1v) is 12.9. The van der Waals surface area contributed by atoms with Crippen LogP contribution in [-0.4, -0.2) is 31.5 Å². The largest absolute Gasteiger partial charge is 0.295 e. The highest BCUT2D eigenvalue weighted by atomic mass is 15.2. The van der Waals surface area contributed by atoms with Crippen molar-refractivity contribution >= 4 is 0 Å². The number of hydrogen-bond acceptors (Lipinski definition) is 4. The fourth-order valence-corrected chi connectivity index (χ4v) is 5.55. The lowest BCUT2D eigenvalue weighted by atomic mass is 9.87. The maximum Gasteiger partial charge on any atom is 0.162 e. The number of rotatable bonds is 7. The molecule has 0 N–H and O–H groups in total. The molecule has 0 amide bonds. The van der Waals surface area contributed by atoms with Crippen LogP contribution < -0.4 is 0 Å². The van der Waals surface area contributed by atoms with Gasteiger partial charge in [0, 0.05) is 41.8 Å². The van der Waals surface area contributed by atoms with Gasteiger partial charge < -0.3 is 0 Å². The molecular formula is C30H35N5. The standard InChI is InChI=1S/C30H35N5/c1-5-22-12-9-13-23(6-2)28(22)29-32-21(3)26(30(33-29)35-18-17-31-20-35)19-34(4)27-16-10-14-24-11-7-8-15-25(24)27/h7-9,11-13,15,17-18,20,27H,5-6,10,14,16,19H2,1-4H3. The molecule has 5 nitrogen and oxygen atoms in total. The number of fused-ring (bicyclic) bond motifs is 1. The second-order valence-corrected chi connectivity index (χ2v) is 9.59. The third-order valence-corrected chi connectivity index (χ3v) is 7.44. The third kappa shape index (κ3) is 4.53. The SMILES string of the molecule is CCc1cccc(CC)c1-c1nc(C)c(CN(C)C2CCCc3ccccc32)c(-n2ccnc2)n1. The number of hydrogen-bond donors (Lipinski definition) is 0. The van der Waals surface area contributed by atoms with Crippen LogP contribution in [0.4, 0.5) is 0 Å². The molecule has 2 heterocycles. The molecule has 1 aliphatic rings. The molecule has 35 heavy (non-hydrogen) atoms. The molecule has 5 rings (SSSR count). The minimum absolute atomic E-state index is 0.405. The van der Waals surface area contributed by atoms with Gasteiger partial charge in [-0.1, -0.05) is 56.3 Å². The zero-order chi connectivity index (χ0) is 24.4. The van der Waals surface area contributed by atoms with E-state index in [0.29, 0.717) is 6.04 Å². The van der Waals surface area contributed by atoms with Gasteiger partial charge in [0.1, 0.15) is 12.1 Å². The summed E-state index contributed by atoms with van der Waals surface area (Å²) in [6.07, 6.45) is 11.1. The molecule has 0 saturated heterocycles. The summed E-state index contributed by atoms with van der Waals surface area (Å²) in [5, 5.41) is 0. The first-order chi connectivity index (χ1) is 17.1. The number of aromatic nitrogens is 4. The van der Waals surface area contributed by atoms with Crippen molar-refractivity contribution < 1.29 is 0 Å². The van der Waals surface area contributed by atoms with E-state index in [4.69, 9.17) is 9.97 Å². The van der Waals surface area contributed by atoms with Gasteiger partial charge in [-0.15, -0.1) is 0 Å². The summed E-state index contributed by atoms with van der Waals surface area (Å²) in [4.78, 5) is 17.1. The molecule has 1 unspecified atom stereocenters. The van der Waals surface area contributed by atoms with E-state index in [9.17, 15) is 0 Å². The maximum absolute atomic E-state index is 5.19. The highest BCUT2D eigenvalue weighted by Gasteiger charge is 2.26. The van der Waals surface area contributed by atoms with E-state index in [-0.39, 0.29) is 0 Å². The zero-order valence-corrected chi connectivity index (χ0v) is 21.3. The number of benzene rings is 2. The summed E-state index contributed by atoms with van der Waals surface area (Å²) in [6, 6.07) is 15.9. The minimum atomic E-state index is 0.405. The van der Waals surface area contributed by atoms with E-state index in [1.165, 1.54) is 47.1 Å². The van der Waals surface area contributed by atoms with Gasteiger partial charge in [0.05, 0.1) is 0 Å². The van der Waals surface area contributed by atoms with Gasteiger partial charge in [0.25, 0.3) is 0 Å². The number of aryl methyl sites for hydroxylation is 4. The maximum atomic E-state index is 5.19. The smallest absolute Gasteiger partial charge is 0.162 e. The Morgan fingerprint density at radius 2 is 1.77 bits per heavy atom. The molecule has 2 aromatic carbocycles. The Kier molecular flexibility index (Phi) is 6.78. The molecule has 0 saturated carbocycles. The molecule has 5 heteroatoms. The second-order valence-electron chi connectivity index (χ2n) is 9.59. The van der Waals surface area contributed by atoms with Gasteiger partial charge >= 0.3 is 0 Å². The van der Waals surface area contributed by atoms with Gasteiger partial charge in [0.2, 0.25) is 0 Å². The summed E-state index contributed by atoms with van der Waals surface area (Å²) < 4.78 is 2.04. The molecule has 0 fully saturated rings. The first-order valence-electron chi connectivity index (χ1n) is 12.9. The molecule has 0 spiro atoms. The van der Waals surface area contributed by atoms with Crippen molar-refractivity contribution in [3.63, 3.8) is 0 Å². The Labute approximate surface area is 208 Å². The summed E-state index contributed by atoms with van der Waals surface area (Å²) in [5.74, 6) is 1.74. The molecule has 0 bridgehead atoms. The molecule has 1 atom stereocenters. The molecule has 1 aliphatic carbocycles. The summed E-state index contributed by atoms with van der Waals surface area (Å²) in [6.45, 7) is 7.32. The van der Waals surface area contributed by atoms with Crippen molar-refractivity contribution in [1.29, 1.82) is 0 Å². The lowest BCUT2D eigenvalue weighted by Crippen LogP contribution is -2.28. The Morgan fingerprint density at radius 1 is 1.00 bits per heavy atom. The summed E-state index contributed by atoms with van der Waals surface area (Å²) >= 11 is 0. The summed E-state index contributed by atoms with van der Waals surface area (Å²) in [5.41, 5.74) is 8.91. The topological polar surface area (TPSA) is 46.8 Å². The van der Waals surface area contributed by atoms with Gasteiger partial charge in [-0.2, -0.15) is 0 Å². The van der Waals surface area contributed by atoms with Crippen molar-refractivity contribution in [1.82, 2.24) is 24.4 Å². The predicted molar refractivity (Wildman–Crippen MR) is 142 cm³/mol. The van der Waals surface area contributed by atoms with Crippen LogP contribution in [0.3, 0.4) is 0 Å². The lowest BCUT2D eigenvalue weighted by molar-refractivity contribution is 0.212. The number of imidazole rings is 1. The molecule has 2 aromatic heterocycles. The Bertz CT molecular complexity index is 1290. The van der Waals surface area contributed by atoms with Crippen LogP contribution in [0.5, 0.6) is 0 Å². The first kappa shape index (κ1) is 23.4. The van der Waals surface area contributed by atoms with E-state index in [1.54, 1.807) is 0 Å². The summed E-state index contributed by atoms with van der Waals surface area (Å²) in [7, 11) is 2.24. The van der Waals surface area contributed by atoms with Crippen LogP contribution in [0.25, 0.3) is 17.2 Å². The zero-order valence-electron chi connectivity index (χ0n) is 21.3. The van der Waals surface area contributed by atoms with Gasteiger partial charge in [0.15, 0.2) is 5.82 Å². The highest BCUT2D eigenvalue weighted by molar-refractivity contribution is 5.66. The van der Waals surface area contributed by atoms with Crippen molar-refractivity contribution in [2.75, 3.05) is 7.05 Å². The van der Waals surface area contributed by atoms with Crippen LogP contribution in [0, 0.1) is 6.92 Å². The van der Waals surface area contributed by atoms with Crippen molar-refractivity contribution in [3.8, 4) is 17.2 Å². The lowest BCUT2D eigenvalue weighted by Gasteiger charge is -2.34. The Hall–Kier alpha value is -3.31. The van der Waals surface area contributed by atoms with Crippen LogP contribution in [0.2, 0.25) is 0 Å². The van der Waals surface area contributed by atoms with Crippen LogP contribution in [0.1, 0.15) is 66.2 Å². The monoisotopic (exact) mass is 465 g/mol. The van der Waals surface area contributed by atoms with E-state index >= 15 is 0 Å². The van der Waals surface area contributed by atoms with Crippen molar-refractivity contribution in [2.45, 2.75) is 65.5 Å². The van der Waals surface area contributed by atoms with Crippen LogP contribution in [-0.2, 0) is 25.8 Å². The fourth-order valence-electron chi connectivity index (χ4n) is 5.55. The average Bonchev–Trinajstić information content (AvgIpc) is 3.43. The van der Waals surface area contributed by atoms with E-state index in [1.807, 2.05) is 23.3 Å². The quantitative estimate of drug-likeness (QED) is 0.323. The van der Waals surface area contributed by atoms with E-state index in [2.05, 4.69) is 80.2 Å². The highest BCUT2D eigenvalue weighted by Crippen LogP contribution is 2.35. The molecule has 0 aliphatic heterocycles. The van der Waals surface area contributed by atoms with Gasteiger partial charge in [-0.05, 0) is 68.3 Å². The molecule has 180 valence electrons. The van der Waals surface area contributed by atoms with Crippen LogP contribution in [0.15, 0.2) is 61.2 Å². The number of nitrogens with zero attached hydrogens (tertiary/aromatic N) is 5. The van der Waals surface area contributed by atoms with Crippen molar-refractivity contribution in [3.05, 3.63) is 94.7 Å². The normalized spacial score (nSPS) is 15.4. The minimum Gasteiger partial charge on any atom is -0.295 e. The van der Waals surface area contributed by atoms with Gasteiger partial charge in [-0.3, -0.25) is 9.47 Å². The van der Waals surface area contributed by atoms with E-state index in [0.717, 1.165) is 42.3 Å². The predicted octanol–water partition coefficient (Wildman–Crippen LogP) is 6.27. The molecule has 0 radical (unpaired) electrons. The Morgan fingerprint density at radius 3 is 2.49 bits per heavy atom. The Balaban J connectivity index is 1.58. The second kappa shape index (κ2) is 10.1. The van der Waals surface area contributed by atoms with Crippen LogP contribution >= 0.6 is 0 Å². The van der Waals surface area contributed by atoms with E-state index < -0.39 is 0 Å². The average molecular weight is 466 g/mol. The third-order valence-electron chi connectivity index (χ3n) is 7.44. The molecule has 4 aromatic rings. The van der Waals surface area contributed by atoms with Gasteiger partial charge in [-0.25, -0.2) is 15.0 Å². The van der Waals surface area contributed by atoms with Crippen molar-refractivity contribution in [2.24, 2.45) is 0 Å². The molecular weight excluding hydrogens is 430 g/mol. The fraction of sp³-hybridized carbons (Fsp3) is 0.367.